The molecule has 1 N–H and O–H groups in total. The summed E-state index contributed by atoms with van der Waals surface area (Å²) in [4.78, 5) is 42.0. The van der Waals surface area contributed by atoms with Gasteiger partial charge >= 0.3 is 0 Å². The number of aromatic nitrogens is 3. The minimum Gasteiger partial charge on any atom is -0.496 e. The highest BCUT2D eigenvalue weighted by molar-refractivity contribution is 8.01. The van der Waals surface area contributed by atoms with Gasteiger partial charge in [0.25, 0.3) is 5.91 Å². The number of piperazine rings is 1. The molecule has 0 radical (unpaired) electrons. The predicted molar refractivity (Wildman–Crippen MR) is 134 cm³/mol. The molecule has 0 aliphatic carbocycles. The Labute approximate surface area is 211 Å². The van der Waals surface area contributed by atoms with E-state index in [0.717, 1.165) is 14.7 Å². The highest BCUT2D eigenvalue weighted by atomic mass is 32.2. The highest BCUT2D eigenvalue weighted by Gasteiger charge is 2.26. The summed E-state index contributed by atoms with van der Waals surface area (Å²) in [6, 6.07) is 5.45. The quantitative estimate of drug-likeness (QED) is 0.507. The Kier molecular flexibility index (Phi) is 7.71. The third-order valence-corrected chi connectivity index (χ3v) is 7.69. The SMILES string of the molecule is COc1cc(Nc2ncc(Sc3cc(C(=O)N4CCN(C(C)=O)CC4)c(OC)cc3C)s2)ncn1. The van der Waals surface area contributed by atoms with Crippen LogP contribution in [0, 0.1) is 6.92 Å². The first-order valence-corrected chi connectivity index (χ1v) is 12.5. The molecule has 0 saturated carbocycles. The minimum absolute atomic E-state index is 0.0287. The molecule has 0 spiro atoms. The molecule has 1 saturated heterocycles. The van der Waals surface area contributed by atoms with Crippen molar-refractivity contribution in [2.45, 2.75) is 23.0 Å². The average Bonchev–Trinajstić information content (AvgIpc) is 3.31. The van der Waals surface area contributed by atoms with Gasteiger partial charge in [-0.25, -0.2) is 15.0 Å². The maximum absolute atomic E-state index is 13.3. The maximum Gasteiger partial charge on any atom is 0.257 e. The lowest BCUT2D eigenvalue weighted by Gasteiger charge is -2.34. The zero-order chi connectivity index (χ0) is 24.9. The fraction of sp³-hybridized carbons (Fsp3) is 0.348. The van der Waals surface area contributed by atoms with Gasteiger partial charge in [-0.05, 0) is 24.6 Å². The molecule has 1 fully saturated rings. The summed E-state index contributed by atoms with van der Waals surface area (Å²) in [5.74, 6) is 1.51. The van der Waals surface area contributed by atoms with E-state index >= 15 is 0 Å². The van der Waals surface area contributed by atoms with Crippen LogP contribution in [0.15, 0.2) is 39.8 Å². The van der Waals surface area contributed by atoms with Gasteiger partial charge in [0.15, 0.2) is 5.13 Å². The van der Waals surface area contributed by atoms with Crippen LogP contribution in [0.25, 0.3) is 0 Å². The van der Waals surface area contributed by atoms with Crippen LogP contribution in [0.4, 0.5) is 10.9 Å². The van der Waals surface area contributed by atoms with Crippen molar-refractivity contribution in [1.29, 1.82) is 0 Å². The number of rotatable bonds is 7. The van der Waals surface area contributed by atoms with E-state index in [1.54, 1.807) is 43.2 Å². The first-order chi connectivity index (χ1) is 16.9. The lowest BCUT2D eigenvalue weighted by molar-refractivity contribution is -0.130. The lowest BCUT2D eigenvalue weighted by atomic mass is 10.1. The molecular formula is C23H26N6O4S2. The number of nitrogens with zero attached hydrogens (tertiary/aromatic N) is 5. The smallest absolute Gasteiger partial charge is 0.257 e. The Hall–Kier alpha value is -3.38. The molecule has 3 aromatic rings. The van der Waals surface area contributed by atoms with Crippen molar-refractivity contribution in [3.63, 3.8) is 0 Å². The molecule has 0 bridgehead atoms. The number of ether oxygens (including phenoxy) is 2. The summed E-state index contributed by atoms with van der Waals surface area (Å²) in [6.07, 6.45) is 3.20. The second-order valence-corrected chi connectivity index (χ2v) is 10.1. The Balaban J connectivity index is 1.50. The van der Waals surface area contributed by atoms with Gasteiger partial charge in [0, 0.05) is 44.1 Å². The van der Waals surface area contributed by atoms with E-state index in [9.17, 15) is 9.59 Å². The summed E-state index contributed by atoms with van der Waals surface area (Å²) in [5.41, 5.74) is 1.50. The van der Waals surface area contributed by atoms with Crippen LogP contribution in [-0.4, -0.2) is 77.0 Å². The predicted octanol–water partition coefficient (Wildman–Crippen LogP) is 3.46. The first-order valence-electron chi connectivity index (χ1n) is 10.9. The second-order valence-electron chi connectivity index (χ2n) is 7.77. The zero-order valence-corrected chi connectivity index (χ0v) is 21.5. The van der Waals surface area contributed by atoms with Crippen molar-refractivity contribution in [3.8, 4) is 11.6 Å². The van der Waals surface area contributed by atoms with E-state index < -0.39 is 0 Å². The number of aryl methyl sites for hydroxylation is 1. The molecule has 1 aliphatic heterocycles. The van der Waals surface area contributed by atoms with Gasteiger partial charge in [-0.3, -0.25) is 9.59 Å². The maximum atomic E-state index is 13.3. The number of carbonyl (C=O) groups excluding carboxylic acids is 2. The molecule has 10 nitrogen and oxygen atoms in total. The topological polar surface area (TPSA) is 110 Å². The van der Waals surface area contributed by atoms with Gasteiger partial charge in [0.2, 0.25) is 11.8 Å². The molecule has 35 heavy (non-hydrogen) atoms. The summed E-state index contributed by atoms with van der Waals surface area (Å²) in [6.45, 7) is 5.59. The molecular weight excluding hydrogens is 488 g/mol. The number of carbonyl (C=O) groups is 2. The molecule has 1 aliphatic rings. The average molecular weight is 515 g/mol. The molecule has 0 atom stereocenters. The number of amides is 2. The van der Waals surface area contributed by atoms with E-state index in [-0.39, 0.29) is 11.8 Å². The van der Waals surface area contributed by atoms with Gasteiger partial charge in [-0.1, -0.05) is 23.1 Å². The Bertz CT molecular complexity index is 1230. The Morgan fingerprint density at radius 3 is 2.46 bits per heavy atom. The molecule has 1 aromatic carbocycles. The molecule has 2 amide bonds. The largest absolute Gasteiger partial charge is 0.496 e. The molecule has 184 valence electrons. The number of anilines is 2. The molecule has 2 aromatic heterocycles. The van der Waals surface area contributed by atoms with Crippen LogP contribution in [0.1, 0.15) is 22.8 Å². The second kappa shape index (κ2) is 10.9. The van der Waals surface area contributed by atoms with E-state index in [0.29, 0.717) is 54.3 Å². The Morgan fingerprint density at radius 2 is 1.77 bits per heavy atom. The van der Waals surface area contributed by atoms with Crippen LogP contribution in [0.2, 0.25) is 0 Å². The van der Waals surface area contributed by atoms with Crippen LogP contribution in [0.5, 0.6) is 11.6 Å². The molecule has 12 heteroatoms. The minimum atomic E-state index is -0.101. The summed E-state index contributed by atoms with van der Waals surface area (Å²) >= 11 is 3.01. The monoisotopic (exact) mass is 514 g/mol. The lowest BCUT2D eigenvalue weighted by Crippen LogP contribution is -2.50. The third-order valence-electron chi connectivity index (χ3n) is 5.52. The van der Waals surface area contributed by atoms with Crippen molar-refractivity contribution in [1.82, 2.24) is 24.8 Å². The number of benzene rings is 1. The van der Waals surface area contributed by atoms with Crippen molar-refractivity contribution in [3.05, 3.63) is 41.9 Å². The van der Waals surface area contributed by atoms with E-state index in [2.05, 4.69) is 20.3 Å². The molecule has 0 unspecified atom stereocenters. The van der Waals surface area contributed by atoms with Crippen LogP contribution in [0.3, 0.4) is 0 Å². The normalized spacial score (nSPS) is 13.5. The number of hydrogen-bond donors (Lipinski definition) is 1. The van der Waals surface area contributed by atoms with Gasteiger partial charge in [-0.2, -0.15) is 0 Å². The van der Waals surface area contributed by atoms with Crippen molar-refractivity contribution in [2.24, 2.45) is 0 Å². The Morgan fingerprint density at radius 1 is 1.03 bits per heavy atom. The van der Waals surface area contributed by atoms with E-state index in [1.165, 1.54) is 29.4 Å². The number of thiazole rings is 1. The van der Waals surface area contributed by atoms with Crippen LogP contribution in [-0.2, 0) is 4.79 Å². The fourth-order valence-corrected chi connectivity index (χ4v) is 5.55. The number of methoxy groups -OCH3 is 2. The molecule has 3 heterocycles. The number of hydrogen-bond acceptors (Lipinski definition) is 10. The van der Waals surface area contributed by atoms with Crippen LogP contribution >= 0.6 is 23.1 Å². The summed E-state index contributed by atoms with van der Waals surface area (Å²) in [7, 11) is 3.11. The highest BCUT2D eigenvalue weighted by Crippen LogP contribution is 2.39. The summed E-state index contributed by atoms with van der Waals surface area (Å²) in [5, 5.41) is 3.84. The van der Waals surface area contributed by atoms with Crippen molar-refractivity contribution >= 4 is 45.9 Å². The van der Waals surface area contributed by atoms with Gasteiger partial charge in [0.05, 0.1) is 30.2 Å². The van der Waals surface area contributed by atoms with Crippen molar-refractivity contribution < 1.29 is 19.1 Å². The van der Waals surface area contributed by atoms with E-state index in [4.69, 9.17) is 9.47 Å². The van der Waals surface area contributed by atoms with E-state index in [1.807, 2.05) is 19.1 Å². The standard InChI is InChI=1S/C23H26N6O4S2/c1-14-9-17(32-3)16(22(31)29-7-5-28(6-8-29)15(2)30)10-18(14)34-21-12-24-23(35-21)27-19-11-20(33-4)26-13-25-19/h9-13H,5-8H2,1-4H3,(H,24,25,26,27). The van der Waals surface area contributed by atoms with Gasteiger partial charge in [0.1, 0.15) is 17.9 Å². The first kappa shape index (κ1) is 24.7. The summed E-state index contributed by atoms with van der Waals surface area (Å²) < 4.78 is 11.6. The van der Waals surface area contributed by atoms with Gasteiger partial charge < -0.3 is 24.6 Å². The molecule has 4 rings (SSSR count). The van der Waals surface area contributed by atoms with Crippen LogP contribution < -0.4 is 14.8 Å². The fourth-order valence-electron chi connectivity index (χ4n) is 3.60. The third kappa shape index (κ3) is 5.82. The van der Waals surface area contributed by atoms with Crippen molar-refractivity contribution in [2.75, 3.05) is 45.7 Å². The zero-order valence-electron chi connectivity index (χ0n) is 19.9. The number of nitrogens with one attached hydrogen (secondary N) is 1. The van der Waals surface area contributed by atoms with Gasteiger partial charge in [-0.15, -0.1) is 0 Å².